The summed E-state index contributed by atoms with van der Waals surface area (Å²) in [7, 11) is 1.27. The van der Waals surface area contributed by atoms with Crippen molar-refractivity contribution in [2.45, 2.75) is 71.8 Å². The Morgan fingerprint density at radius 1 is 1.19 bits per heavy atom. The number of hydrogen-bond acceptors (Lipinski definition) is 7. The number of nitrogens with zero attached hydrogens (tertiary/aromatic N) is 2. The van der Waals surface area contributed by atoms with Crippen LogP contribution in [-0.2, 0) is 19.1 Å². The van der Waals surface area contributed by atoms with Gasteiger partial charge in [-0.2, -0.15) is 0 Å². The first kappa shape index (κ1) is 25.9. The predicted octanol–water partition coefficient (Wildman–Crippen LogP) is 3.30. The summed E-state index contributed by atoms with van der Waals surface area (Å²) in [6.45, 7) is 10.9. The van der Waals surface area contributed by atoms with Gasteiger partial charge in [0.1, 0.15) is 28.4 Å². The minimum atomic E-state index is -0.924. The highest BCUT2D eigenvalue weighted by Gasteiger charge is 2.46. The van der Waals surface area contributed by atoms with Crippen LogP contribution in [0, 0.1) is 5.41 Å². The number of esters is 1. The molecule has 0 spiro atoms. The highest BCUT2D eigenvalue weighted by Crippen LogP contribution is 2.28. The average molecular weight is 514 g/mol. The minimum absolute atomic E-state index is 0.148. The van der Waals surface area contributed by atoms with E-state index in [9.17, 15) is 14.4 Å². The number of methoxy groups -OCH3 is 1. The van der Waals surface area contributed by atoms with Crippen molar-refractivity contribution in [3.05, 3.63) is 22.8 Å². The number of nitrogens with one attached hydrogen (secondary N) is 1. The first-order valence-electron chi connectivity index (χ1n) is 10.4. The maximum Gasteiger partial charge on any atom is 0.408 e. The predicted molar refractivity (Wildman–Crippen MR) is 121 cm³/mol. The first-order chi connectivity index (χ1) is 14.7. The Morgan fingerprint density at radius 2 is 1.84 bits per heavy atom. The molecule has 9 nitrogen and oxygen atoms in total. The molecular formula is C22H32BrN3O6. The molecule has 1 fully saturated rings. The maximum absolute atomic E-state index is 13.5. The SMILES string of the molecule is COC(=O)[C@@H]1C[C@@H](Oc2cccc(Br)n2)CN1C(=O)[C@@H](NC(=O)OC(C)(C)C)C(C)(C)C. The van der Waals surface area contributed by atoms with E-state index in [4.69, 9.17) is 14.2 Å². The van der Waals surface area contributed by atoms with E-state index in [0.29, 0.717) is 10.5 Å². The Kier molecular flexibility index (Phi) is 8.14. The summed E-state index contributed by atoms with van der Waals surface area (Å²) in [6.07, 6.45) is -0.923. The number of alkyl carbamates (subject to hydrolysis) is 1. The number of rotatable bonds is 5. The lowest BCUT2D eigenvalue weighted by Gasteiger charge is -2.35. The summed E-state index contributed by atoms with van der Waals surface area (Å²) in [6, 6.07) is 3.49. The van der Waals surface area contributed by atoms with E-state index in [-0.39, 0.29) is 13.0 Å². The van der Waals surface area contributed by atoms with Crippen molar-refractivity contribution < 1.29 is 28.6 Å². The van der Waals surface area contributed by atoms with Crippen LogP contribution in [0.2, 0.25) is 0 Å². The van der Waals surface area contributed by atoms with Crippen molar-refractivity contribution >= 4 is 33.9 Å². The van der Waals surface area contributed by atoms with Gasteiger partial charge in [0.15, 0.2) is 0 Å². The molecule has 10 heteroatoms. The zero-order valence-electron chi connectivity index (χ0n) is 19.6. The molecule has 178 valence electrons. The third-order valence-corrected chi connectivity index (χ3v) is 5.21. The van der Waals surface area contributed by atoms with Crippen LogP contribution in [0.25, 0.3) is 0 Å². The fourth-order valence-corrected chi connectivity index (χ4v) is 3.68. The molecule has 1 aromatic heterocycles. The molecule has 1 aliphatic heterocycles. The Labute approximate surface area is 197 Å². The lowest BCUT2D eigenvalue weighted by molar-refractivity contribution is -0.152. The first-order valence-corrected chi connectivity index (χ1v) is 11.2. The number of amides is 2. The lowest BCUT2D eigenvalue weighted by atomic mass is 9.85. The van der Waals surface area contributed by atoms with E-state index in [0.717, 1.165) is 0 Å². The Bertz CT molecular complexity index is 849. The van der Waals surface area contributed by atoms with Gasteiger partial charge < -0.3 is 24.4 Å². The number of hydrogen-bond donors (Lipinski definition) is 1. The number of ether oxygens (including phenoxy) is 3. The second-order valence-corrected chi connectivity index (χ2v) is 10.6. The molecular weight excluding hydrogens is 482 g/mol. The van der Waals surface area contributed by atoms with Crippen LogP contribution in [0.15, 0.2) is 22.8 Å². The monoisotopic (exact) mass is 513 g/mol. The fraction of sp³-hybridized carbons (Fsp3) is 0.636. The van der Waals surface area contributed by atoms with Crippen molar-refractivity contribution in [2.75, 3.05) is 13.7 Å². The van der Waals surface area contributed by atoms with Crippen LogP contribution in [-0.4, -0.2) is 65.3 Å². The second-order valence-electron chi connectivity index (χ2n) is 9.75. The zero-order valence-corrected chi connectivity index (χ0v) is 21.2. The molecule has 0 bridgehead atoms. The molecule has 1 aromatic rings. The maximum atomic E-state index is 13.5. The Balaban J connectivity index is 2.24. The molecule has 1 N–H and O–H groups in total. The van der Waals surface area contributed by atoms with Crippen molar-refractivity contribution in [2.24, 2.45) is 5.41 Å². The fourth-order valence-electron chi connectivity index (χ4n) is 3.35. The van der Waals surface area contributed by atoms with Crippen LogP contribution in [0.4, 0.5) is 4.79 Å². The molecule has 0 radical (unpaired) electrons. The molecule has 0 unspecified atom stereocenters. The molecule has 3 atom stereocenters. The summed E-state index contributed by atoms with van der Waals surface area (Å²) in [4.78, 5) is 44.1. The number of carbonyl (C=O) groups excluding carboxylic acids is 3. The molecule has 2 rings (SSSR count). The van der Waals surface area contributed by atoms with Gasteiger partial charge in [-0.05, 0) is 48.2 Å². The smallest absolute Gasteiger partial charge is 0.408 e. The van der Waals surface area contributed by atoms with Gasteiger partial charge >= 0.3 is 12.1 Å². The van der Waals surface area contributed by atoms with Crippen LogP contribution in [0.5, 0.6) is 5.88 Å². The van der Waals surface area contributed by atoms with E-state index >= 15 is 0 Å². The molecule has 2 amide bonds. The zero-order chi connectivity index (χ0) is 24.3. The van der Waals surface area contributed by atoms with Gasteiger partial charge in [0.2, 0.25) is 11.8 Å². The molecule has 32 heavy (non-hydrogen) atoms. The highest BCUT2D eigenvalue weighted by atomic mass is 79.9. The van der Waals surface area contributed by atoms with E-state index < -0.39 is 47.2 Å². The van der Waals surface area contributed by atoms with E-state index in [1.165, 1.54) is 12.0 Å². The van der Waals surface area contributed by atoms with Crippen molar-refractivity contribution in [1.82, 2.24) is 15.2 Å². The Hall–Kier alpha value is -2.36. The summed E-state index contributed by atoms with van der Waals surface area (Å²) in [5.41, 5.74) is -1.35. The largest absolute Gasteiger partial charge is 0.472 e. The van der Waals surface area contributed by atoms with Gasteiger partial charge in [-0.3, -0.25) is 4.79 Å². The second kappa shape index (κ2) is 10.1. The van der Waals surface area contributed by atoms with Gasteiger partial charge in [-0.1, -0.05) is 26.8 Å². The third-order valence-electron chi connectivity index (χ3n) is 4.77. The van der Waals surface area contributed by atoms with Crippen LogP contribution >= 0.6 is 15.9 Å². The van der Waals surface area contributed by atoms with Gasteiger partial charge in [-0.25, -0.2) is 14.6 Å². The highest BCUT2D eigenvalue weighted by molar-refractivity contribution is 9.10. The van der Waals surface area contributed by atoms with Crippen LogP contribution in [0.3, 0.4) is 0 Å². The molecule has 1 aliphatic rings. The molecule has 0 saturated carbocycles. The molecule has 0 aliphatic carbocycles. The van der Waals surface area contributed by atoms with Crippen LogP contribution < -0.4 is 10.1 Å². The topological polar surface area (TPSA) is 107 Å². The van der Waals surface area contributed by atoms with E-state index in [2.05, 4.69) is 26.2 Å². The lowest BCUT2D eigenvalue weighted by Crippen LogP contribution is -2.57. The van der Waals surface area contributed by atoms with Gasteiger partial charge in [0.05, 0.1) is 13.7 Å². The normalized spacial score (nSPS) is 19.8. The average Bonchev–Trinajstić information content (AvgIpc) is 3.06. The van der Waals surface area contributed by atoms with Gasteiger partial charge in [-0.15, -0.1) is 0 Å². The van der Waals surface area contributed by atoms with E-state index in [1.807, 2.05) is 20.8 Å². The number of pyridine rings is 1. The minimum Gasteiger partial charge on any atom is -0.472 e. The molecule has 0 aromatic carbocycles. The number of likely N-dealkylation sites (tertiary alicyclic amines) is 1. The summed E-state index contributed by atoms with van der Waals surface area (Å²) in [5, 5.41) is 2.68. The van der Waals surface area contributed by atoms with Gasteiger partial charge in [0.25, 0.3) is 0 Å². The van der Waals surface area contributed by atoms with Crippen LogP contribution in [0.1, 0.15) is 48.0 Å². The number of carbonyl (C=O) groups is 3. The molecule has 2 heterocycles. The number of aromatic nitrogens is 1. The quantitative estimate of drug-likeness (QED) is 0.475. The van der Waals surface area contributed by atoms with Crippen molar-refractivity contribution in [3.63, 3.8) is 0 Å². The van der Waals surface area contributed by atoms with Gasteiger partial charge in [0, 0.05) is 12.5 Å². The summed E-state index contributed by atoms with van der Waals surface area (Å²) < 4.78 is 16.8. The Morgan fingerprint density at radius 3 is 2.38 bits per heavy atom. The summed E-state index contributed by atoms with van der Waals surface area (Å²) in [5.74, 6) is -0.579. The number of halogens is 1. The van der Waals surface area contributed by atoms with E-state index in [1.54, 1.807) is 39.0 Å². The molecule has 1 saturated heterocycles. The van der Waals surface area contributed by atoms with Crippen molar-refractivity contribution in [1.29, 1.82) is 0 Å². The standard InChI is InChI=1S/C22H32BrN3O6/c1-21(2,3)17(25-20(29)32-22(4,5)6)18(27)26-12-13(11-14(26)19(28)30-7)31-16-10-8-9-15(23)24-16/h8-10,13-14,17H,11-12H2,1-7H3,(H,25,29)/t13-,14+,17-/m1/s1. The van der Waals surface area contributed by atoms with Crippen molar-refractivity contribution in [3.8, 4) is 5.88 Å². The third kappa shape index (κ3) is 7.08. The summed E-state index contributed by atoms with van der Waals surface area (Å²) >= 11 is 3.30.